The van der Waals surface area contributed by atoms with E-state index in [1.54, 1.807) is 0 Å². The van der Waals surface area contributed by atoms with E-state index in [0.29, 0.717) is 18.8 Å². The molecule has 2 saturated carbocycles. The van der Waals surface area contributed by atoms with E-state index in [4.69, 9.17) is 0 Å². The van der Waals surface area contributed by atoms with Crippen LogP contribution in [0.25, 0.3) is 0 Å². The van der Waals surface area contributed by atoms with Crippen LogP contribution in [-0.4, -0.2) is 46.0 Å². The minimum Gasteiger partial charge on any atom is -0.481 e. The van der Waals surface area contributed by atoms with E-state index < -0.39 is 22.8 Å². The van der Waals surface area contributed by atoms with Crippen LogP contribution in [0, 0.1) is 10.8 Å². The van der Waals surface area contributed by atoms with Gasteiger partial charge in [0.15, 0.2) is 0 Å². The lowest BCUT2D eigenvalue weighted by Gasteiger charge is -2.47. The van der Waals surface area contributed by atoms with Crippen molar-refractivity contribution in [3.63, 3.8) is 0 Å². The van der Waals surface area contributed by atoms with Crippen molar-refractivity contribution < 1.29 is 24.6 Å². The van der Waals surface area contributed by atoms with Crippen LogP contribution in [-0.2, 0) is 20.8 Å². The molecule has 0 spiro atoms. The lowest BCUT2D eigenvalue weighted by atomic mass is 9.51. The zero-order valence-electron chi connectivity index (χ0n) is 14.6. The molecule has 0 aromatic heterocycles. The van der Waals surface area contributed by atoms with Gasteiger partial charge in [-0.15, -0.1) is 0 Å². The minimum absolute atomic E-state index is 0.00633. The van der Waals surface area contributed by atoms with Crippen molar-refractivity contribution in [3.05, 3.63) is 35.4 Å². The summed E-state index contributed by atoms with van der Waals surface area (Å²) in [7, 11) is 0. The third-order valence-electron chi connectivity index (χ3n) is 6.90. The molecule has 1 saturated heterocycles. The van der Waals surface area contributed by atoms with Gasteiger partial charge >= 0.3 is 11.9 Å². The molecule has 3 fully saturated rings. The normalized spacial score (nSPS) is 30.2. The van der Waals surface area contributed by atoms with E-state index in [9.17, 15) is 24.6 Å². The summed E-state index contributed by atoms with van der Waals surface area (Å²) >= 11 is 0. The Morgan fingerprint density at radius 3 is 1.88 bits per heavy atom. The van der Waals surface area contributed by atoms with Crippen LogP contribution < -0.4 is 0 Å². The van der Waals surface area contributed by atoms with E-state index in [-0.39, 0.29) is 25.4 Å². The quantitative estimate of drug-likeness (QED) is 0.843. The summed E-state index contributed by atoms with van der Waals surface area (Å²) in [4.78, 5) is 37.6. The highest BCUT2D eigenvalue weighted by Gasteiger charge is 2.73. The van der Waals surface area contributed by atoms with Crippen LogP contribution >= 0.6 is 0 Å². The highest BCUT2D eigenvalue weighted by molar-refractivity contribution is 5.92. The van der Waals surface area contributed by atoms with Crippen molar-refractivity contribution in [1.29, 1.82) is 0 Å². The van der Waals surface area contributed by atoms with E-state index in [1.165, 1.54) is 29.7 Å². The average Bonchev–Trinajstić information content (AvgIpc) is 2.77. The molecule has 1 aliphatic heterocycles. The Bertz CT molecular complexity index is 739. The molecule has 2 atom stereocenters. The topological polar surface area (TPSA) is 94.9 Å². The summed E-state index contributed by atoms with van der Waals surface area (Å²) in [6, 6.07) is 8.04. The summed E-state index contributed by atoms with van der Waals surface area (Å²) in [5.74, 6) is -1.77. The van der Waals surface area contributed by atoms with Gasteiger partial charge in [-0.3, -0.25) is 14.4 Å². The summed E-state index contributed by atoms with van der Waals surface area (Å²) < 4.78 is 0. The number of aliphatic carboxylic acids is 2. The predicted molar refractivity (Wildman–Crippen MR) is 92.7 cm³/mol. The molecule has 1 aromatic carbocycles. The number of carboxylic acid groups (broad SMARTS) is 2. The van der Waals surface area contributed by atoms with E-state index >= 15 is 0 Å². The number of likely N-dealkylation sites (tertiary alicyclic amines) is 1. The molecule has 2 aliphatic carbocycles. The van der Waals surface area contributed by atoms with Gasteiger partial charge in [0.1, 0.15) is 10.8 Å². The molecule has 138 valence electrons. The minimum atomic E-state index is -1.33. The molecule has 0 bridgehead atoms. The molecule has 6 nitrogen and oxygen atoms in total. The SMILES string of the molecule is O=C(Cc1ccc(C2CCC2)cc1)N1CC2(C(=O)O)CCC2(C(=O)O)C1. The van der Waals surface area contributed by atoms with Crippen LogP contribution in [0.3, 0.4) is 0 Å². The highest BCUT2D eigenvalue weighted by Crippen LogP contribution is 2.61. The van der Waals surface area contributed by atoms with Gasteiger partial charge in [0, 0.05) is 13.1 Å². The average molecular weight is 357 g/mol. The second-order valence-corrected chi connectivity index (χ2v) is 8.07. The second-order valence-electron chi connectivity index (χ2n) is 8.07. The van der Waals surface area contributed by atoms with E-state index in [1.807, 2.05) is 12.1 Å². The number of carbonyl (C=O) groups excluding carboxylic acids is 1. The third-order valence-corrected chi connectivity index (χ3v) is 6.90. The van der Waals surface area contributed by atoms with Gasteiger partial charge in [-0.05, 0) is 42.7 Å². The monoisotopic (exact) mass is 357 g/mol. The molecule has 1 heterocycles. The van der Waals surface area contributed by atoms with Gasteiger partial charge < -0.3 is 15.1 Å². The maximum atomic E-state index is 12.7. The zero-order valence-corrected chi connectivity index (χ0v) is 14.6. The summed E-state index contributed by atoms with van der Waals surface area (Å²) in [5, 5.41) is 19.2. The Labute approximate surface area is 151 Å². The van der Waals surface area contributed by atoms with Crippen molar-refractivity contribution in [2.24, 2.45) is 10.8 Å². The molecule has 0 radical (unpaired) electrons. The molecule has 1 aromatic rings. The third kappa shape index (κ3) is 2.27. The van der Waals surface area contributed by atoms with Gasteiger partial charge in [-0.25, -0.2) is 0 Å². The first-order chi connectivity index (χ1) is 12.4. The molecule has 3 aliphatic rings. The van der Waals surface area contributed by atoms with Crippen LogP contribution in [0.2, 0.25) is 0 Å². The fourth-order valence-corrected chi connectivity index (χ4v) is 4.77. The van der Waals surface area contributed by atoms with E-state index in [0.717, 1.165) is 5.56 Å². The van der Waals surface area contributed by atoms with Crippen molar-refractivity contribution in [2.45, 2.75) is 44.4 Å². The second kappa shape index (κ2) is 5.83. The Balaban J connectivity index is 1.47. The van der Waals surface area contributed by atoms with Crippen molar-refractivity contribution in [2.75, 3.05) is 13.1 Å². The van der Waals surface area contributed by atoms with Gasteiger partial charge in [-0.2, -0.15) is 0 Å². The van der Waals surface area contributed by atoms with Gasteiger partial charge in [0.25, 0.3) is 0 Å². The maximum Gasteiger partial charge on any atom is 0.312 e. The lowest BCUT2D eigenvalue weighted by molar-refractivity contribution is -0.183. The number of benzene rings is 1. The van der Waals surface area contributed by atoms with Crippen LogP contribution in [0.4, 0.5) is 0 Å². The molecule has 4 rings (SSSR count). The Kier molecular flexibility index (Phi) is 3.82. The summed E-state index contributed by atoms with van der Waals surface area (Å²) in [5.41, 5.74) is -0.474. The lowest BCUT2D eigenvalue weighted by Crippen LogP contribution is -2.59. The first-order valence-corrected chi connectivity index (χ1v) is 9.21. The first kappa shape index (κ1) is 17.1. The Morgan fingerprint density at radius 2 is 1.50 bits per heavy atom. The number of rotatable bonds is 5. The Hall–Kier alpha value is -2.37. The number of hydrogen-bond acceptors (Lipinski definition) is 3. The standard InChI is InChI=1S/C20H23NO5/c22-16(10-13-4-6-15(7-5-13)14-2-1-3-14)21-11-19(17(23)24)8-9-20(19,12-21)18(25)26/h4-7,14H,1-3,8-12H2,(H,23,24)(H,25,26). The Morgan fingerprint density at radius 1 is 0.962 bits per heavy atom. The predicted octanol–water partition coefficient (Wildman–Crippen LogP) is 2.27. The van der Waals surface area contributed by atoms with Crippen LogP contribution in [0.5, 0.6) is 0 Å². The number of hydrogen-bond donors (Lipinski definition) is 2. The molecular weight excluding hydrogens is 334 g/mol. The van der Waals surface area contributed by atoms with Crippen molar-refractivity contribution in [3.8, 4) is 0 Å². The molecular formula is C20H23NO5. The smallest absolute Gasteiger partial charge is 0.312 e. The number of fused-ring (bicyclic) bond motifs is 1. The van der Waals surface area contributed by atoms with E-state index in [2.05, 4.69) is 12.1 Å². The molecule has 26 heavy (non-hydrogen) atoms. The zero-order chi connectivity index (χ0) is 18.5. The van der Waals surface area contributed by atoms with Crippen LogP contribution in [0.15, 0.2) is 24.3 Å². The highest BCUT2D eigenvalue weighted by atomic mass is 16.4. The maximum absolute atomic E-state index is 12.7. The molecule has 6 heteroatoms. The number of amides is 1. The summed E-state index contributed by atoms with van der Waals surface area (Å²) in [6.07, 6.45) is 4.52. The van der Waals surface area contributed by atoms with Gasteiger partial charge in [0.2, 0.25) is 5.91 Å². The van der Waals surface area contributed by atoms with Gasteiger partial charge in [0.05, 0.1) is 6.42 Å². The van der Waals surface area contributed by atoms with Crippen molar-refractivity contribution in [1.82, 2.24) is 4.90 Å². The van der Waals surface area contributed by atoms with Gasteiger partial charge in [-0.1, -0.05) is 30.7 Å². The first-order valence-electron chi connectivity index (χ1n) is 9.21. The largest absolute Gasteiger partial charge is 0.481 e. The van der Waals surface area contributed by atoms with Crippen molar-refractivity contribution >= 4 is 17.8 Å². The fourth-order valence-electron chi connectivity index (χ4n) is 4.77. The molecule has 2 N–H and O–H groups in total. The summed E-state index contributed by atoms with van der Waals surface area (Å²) in [6.45, 7) is -0.0127. The number of carbonyl (C=O) groups is 3. The van der Waals surface area contributed by atoms with Crippen LogP contribution in [0.1, 0.15) is 49.1 Å². The number of nitrogens with zero attached hydrogens (tertiary/aromatic N) is 1. The molecule has 1 amide bonds. The molecule has 2 unspecified atom stereocenters. The fraction of sp³-hybridized carbons (Fsp3) is 0.550. The number of carboxylic acids is 2.